The summed E-state index contributed by atoms with van der Waals surface area (Å²) in [4.78, 5) is 13.5. The lowest BCUT2D eigenvalue weighted by Crippen LogP contribution is -2.39. The summed E-state index contributed by atoms with van der Waals surface area (Å²) in [6.07, 6.45) is 1.85. The zero-order chi connectivity index (χ0) is 13.1. The minimum atomic E-state index is -2.93. The first-order valence-electron chi connectivity index (χ1n) is 6.05. The topological polar surface area (TPSA) is 80.5 Å². The molecule has 6 heteroatoms. The third kappa shape index (κ3) is 3.96. The van der Waals surface area contributed by atoms with Crippen molar-refractivity contribution in [3.8, 4) is 0 Å². The summed E-state index contributed by atoms with van der Waals surface area (Å²) >= 11 is 0. The minimum Gasteiger partial charge on any atom is -0.342 e. The second-order valence-electron chi connectivity index (χ2n) is 4.78. The fourth-order valence-corrected chi connectivity index (χ4v) is 3.84. The molecule has 0 spiro atoms. The molecule has 1 amide bonds. The van der Waals surface area contributed by atoms with Crippen molar-refractivity contribution in [3.63, 3.8) is 0 Å². The van der Waals surface area contributed by atoms with Crippen molar-refractivity contribution in [1.29, 1.82) is 0 Å². The number of amides is 1. The molecule has 5 nitrogen and oxygen atoms in total. The van der Waals surface area contributed by atoms with Gasteiger partial charge in [0, 0.05) is 19.5 Å². The number of carbonyl (C=O) groups is 1. The summed E-state index contributed by atoms with van der Waals surface area (Å²) in [5.41, 5.74) is 5.56. The number of hydrogen-bond acceptors (Lipinski definition) is 4. The summed E-state index contributed by atoms with van der Waals surface area (Å²) in [5.74, 6) is 0.505. The molecule has 1 heterocycles. The lowest BCUT2D eigenvalue weighted by Gasteiger charge is -2.25. The Morgan fingerprint density at radius 2 is 2.18 bits per heavy atom. The molecule has 1 saturated heterocycles. The van der Waals surface area contributed by atoms with Gasteiger partial charge in [-0.05, 0) is 18.9 Å². The van der Waals surface area contributed by atoms with Crippen LogP contribution in [0.15, 0.2) is 0 Å². The van der Waals surface area contributed by atoms with Gasteiger partial charge in [0.05, 0.1) is 11.5 Å². The van der Waals surface area contributed by atoms with Crippen LogP contribution in [-0.4, -0.2) is 50.4 Å². The lowest BCUT2D eigenvalue weighted by molar-refractivity contribution is -0.132. The normalized spacial score (nSPS) is 24.5. The molecular weight excluding hydrogens is 240 g/mol. The van der Waals surface area contributed by atoms with Crippen molar-refractivity contribution in [1.82, 2.24) is 4.90 Å². The SMILES string of the molecule is CCC(CN)CC(=O)N(C)C1CCS(=O)(=O)C1. The first kappa shape index (κ1) is 14.4. The Balaban J connectivity index is 2.53. The van der Waals surface area contributed by atoms with E-state index in [0.717, 1.165) is 6.42 Å². The second-order valence-corrected chi connectivity index (χ2v) is 7.00. The average Bonchev–Trinajstić information content (AvgIpc) is 2.65. The third-order valence-corrected chi connectivity index (χ3v) is 5.27. The van der Waals surface area contributed by atoms with Gasteiger partial charge in [-0.1, -0.05) is 13.3 Å². The van der Waals surface area contributed by atoms with Crippen LogP contribution in [0.2, 0.25) is 0 Å². The van der Waals surface area contributed by atoms with E-state index in [2.05, 4.69) is 0 Å². The molecule has 1 aliphatic heterocycles. The third-order valence-electron chi connectivity index (χ3n) is 3.52. The van der Waals surface area contributed by atoms with Crippen LogP contribution in [0.3, 0.4) is 0 Å². The number of rotatable bonds is 5. The van der Waals surface area contributed by atoms with Gasteiger partial charge < -0.3 is 10.6 Å². The number of nitrogens with zero attached hydrogens (tertiary/aromatic N) is 1. The van der Waals surface area contributed by atoms with Crippen molar-refractivity contribution in [2.24, 2.45) is 11.7 Å². The van der Waals surface area contributed by atoms with Gasteiger partial charge in [-0.25, -0.2) is 8.42 Å². The van der Waals surface area contributed by atoms with Gasteiger partial charge in [0.2, 0.25) is 5.91 Å². The fraction of sp³-hybridized carbons (Fsp3) is 0.909. The molecule has 0 saturated carbocycles. The molecular formula is C11H22N2O3S. The Morgan fingerprint density at radius 1 is 1.53 bits per heavy atom. The van der Waals surface area contributed by atoms with Crippen LogP contribution < -0.4 is 5.73 Å². The summed E-state index contributed by atoms with van der Waals surface area (Å²) < 4.78 is 22.7. The van der Waals surface area contributed by atoms with Gasteiger partial charge in [-0.3, -0.25) is 4.79 Å². The van der Waals surface area contributed by atoms with Gasteiger partial charge in [0.15, 0.2) is 9.84 Å². The van der Waals surface area contributed by atoms with E-state index in [9.17, 15) is 13.2 Å². The largest absolute Gasteiger partial charge is 0.342 e. The van der Waals surface area contributed by atoms with Crippen LogP contribution in [0.5, 0.6) is 0 Å². The summed E-state index contributed by atoms with van der Waals surface area (Å²) in [7, 11) is -1.24. The summed E-state index contributed by atoms with van der Waals surface area (Å²) in [5, 5.41) is 0. The Morgan fingerprint density at radius 3 is 2.59 bits per heavy atom. The quantitative estimate of drug-likeness (QED) is 0.756. The molecule has 2 unspecified atom stereocenters. The maximum Gasteiger partial charge on any atom is 0.222 e. The summed E-state index contributed by atoms with van der Waals surface area (Å²) in [6, 6.07) is -0.150. The van der Waals surface area contributed by atoms with Crippen LogP contribution in [0.25, 0.3) is 0 Å². The van der Waals surface area contributed by atoms with Gasteiger partial charge in [-0.2, -0.15) is 0 Å². The molecule has 0 aromatic heterocycles. The number of sulfone groups is 1. The molecule has 1 rings (SSSR count). The van der Waals surface area contributed by atoms with E-state index < -0.39 is 9.84 Å². The van der Waals surface area contributed by atoms with Crippen LogP contribution in [0, 0.1) is 5.92 Å². The standard InChI is InChI=1S/C11H22N2O3S/c1-3-9(7-12)6-11(14)13(2)10-4-5-17(15,16)8-10/h9-10H,3-8,12H2,1-2H3. The van der Waals surface area contributed by atoms with Crippen molar-refractivity contribution >= 4 is 15.7 Å². The van der Waals surface area contributed by atoms with E-state index in [4.69, 9.17) is 5.73 Å². The highest BCUT2D eigenvalue weighted by atomic mass is 32.2. The Hall–Kier alpha value is -0.620. The first-order valence-corrected chi connectivity index (χ1v) is 7.88. The number of hydrogen-bond donors (Lipinski definition) is 1. The molecule has 0 bridgehead atoms. The predicted molar refractivity (Wildman–Crippen MR) is 67.3 cm³/mol. The van der Waals surface area contributed by atoms with Crippen LogP contribution >= 0.6 is 0 Å². The molecule has 0 radical (unpaired) electrons. The van der Waals surface area contributed by atoms with Gasteiger partial charge in [0.25, 0.3) is 0 Å². The Bertz CT molecular complexity index is 363. The van der Waals surface area contributed by atoms with E-state index in [0.29, 0.717) is 19.4 Å². The van der Waals surface area contributed by atoms with Gasteiger partial charge >= 0.3 is 0 Å². The van der Waals surface area contributed by atoms with E-state index in [1.165, 1.54) is 0 Å². The molecule has 0 aliphatic carbocycles. The van der Waals surface area contributed by atoms with Crippen molar-refractivity contribution < 1.29 is 13.2 Å². The smallest absolute Gasteiger partial charge is 0.222 e. The fourth-order valence-electron chi connectivity index (χ4n) is 2.07. The Labute approximate surface area is 103 Å². The highest BCUT2D eigenvalue weighted by Crippen LogP contribution is 2.18. The van der Waals surface area contributed by atoms with Gasteiger partial charge in [0.1, 0.15) is 0 Å². The Kier molecular flexibility index (Phi) is 4.94. The van der Waals surface area contributed by atoms with Gasteiger partial charge in [-0.15, -0.1) is 0 Å². The first-order chi connectivity index (χ1) is 7.89. The second kappa shape index (κ2) is 5.82. The molecule has 0 aromatic carbocycles. The number of carbonyl (C=O) groups excluding carboxylic acids is 1. The molecule has 2 N–H and O–H groups in total. The summed E-state index contributed by atoms with van der Waals surface area (Å²) in [6.45, 7) is 2.50. The average molecular weight is 262 g/mol. The van der Waals surface area contributed by atoms with E-state index in [-0.39, 0.29) is 29.4 Å². The molecule has 1 fully saturated rings. The highest BCUT2D eigenvalue weighted by Gasteiger charge is 2.32. The maximum atomic E-state index is 11.9. The zero-order valence-electron chi connectivity index (χ0n) is 10.6. The maximum absolute atomic E-state index is 11.9. The minimum absolute atomic E-state index is 0.00407. The van der Waals surface area contributed by atoms with E-state index >= 15 is 0 Å². The molecule has 1 aliphatic rings. The molecule has 17 heavy (non-hydrogen) atoms. The van der Waals surface area contributed by atoms with Crippen molar-refractivity contribution in [2.45, 2.75) is 32.2 Å². The lowest BCUT2D eigenvalue weighted by atomic mass is 10.0. The van der Waals surface area contributed by atoms with Crippen LogP contribution in [-0.2, 0) is 14.6 Å². The highest BCUT2D eigenvalue weighted by molar-refractivity contribution is 7.91. The molecule has 2 atom stereocenters. The van der Waals surface area contributed by atoms with Crippen LogP contribution in [0.4, 0.5) is 0 Å². The van der Waals surface area contributed by atoms with Crippen molar-refractivity contribution in [2.75, 3.05) is 25.1 Å². The molecule has 100 valence electrons. The van der Waals surface area contributed by atoms with E-state index in [1.54, 1.807) is 11.9 Å². The zero-order valence-corrected chi connectivity index (χ0v) is 11.4. The van der Waals surface area contributed by atoms with Crippen LogP contribution in [0.1, 0.15) is 26.2 Å². The number of nitrogens with two attached hydrogens (primary N) is 1. The predicted octanol–water partition coefficient (Wildman–Crippen LogP) is 0.00690. The monoisotopic (exact) mass is 262 g/mol. The van der Waals surface area contributed by atoms with Crippen molar-refractivity contribution in [3.05, 3.63) is 0 Å². The molecule has 0 aromatic rings. The van der Waals surface area contributed by atoms with E-state index in [1.807, 2.05) is 6.92 Å².